The first kappa shape index (κ1) is 18.3. The molecule has 6 heteroatoms. The number of para-hydroxylation sites is 1. The van der Waals surface area contributed by atoms with Crippen LogP contribution in [-0.2, 0) is 13.6 Å². The van der Waals surface area contributed by atoms with Crippen molar-refractivity contribution in [2.24, 2.45) is 12.0 Å². The van der Waals surface area contributed by atoms with Gasteiger partial charge >= 0.3 is 0 Å². The van der Waals surface area contributed by atoms with E-state index in [2.05, 4.69) is 34.2 Å². The number of nitrogens with zero attached hydrogens (tertiary/aromatic N) is 4. The summed E-state index contributed by atoms with van der Waals surface area (Å²) in [4.78, 5) is 6.78. The van der Waals surface area contributed by atoms with Crippen molar-refractivity contribution >= 4 is 5.96 Å². The first-order chi connectivity index (χ1) is 12.6. The number of piperidine rings is 1. The van der Waals surface area contributed by atoms with Gasteiger partial charge in [-0.2, -0.15) is 5.10 Å². The number of aliphatic imine (C=N–C) groups is 1. The average Bonchev–Trinajstić information content (AvgIpc) is 2.90. The minimum absolute atomic E-state index is 0.273. The Kier molecular flexibility index (Phi) is 5.81. The number of ether oxygens (including phenoxy) is 1. The van der Waals surface area contributed by atoms with Crippen LogP contribution < -0.4 is 10.1 Å². The molecule has 1 aliphatic rings. The number of aromatic nitrogens is 2. The molecule has 0 atom stereocenters. The van der Waals surface area contributed by atoms with E-state index in [1.54, 1.807) is 0 Å². The van der Waals surface area contributed by atoms with Crippen LogP contribution in [0.5, 0.6) is 5.75 Å². The van der Waals surface area contributed by atoms with Gasteiger partial charge in [0.05, 0.1) is 5.69 Å². The second-order valence-electron chi connectivity index (χ2n) is 6.79. The maximum Gasteiger partial charge on any atom is 0.193 e. The van der Waals surface area contributed by atoms with Gasteiger partial charge in [0.25, 0.3) is 0 Å². The first-order valence-corrected chi connectivity index (χ1v) is 9.25. The third-order valence-corrected chi connectivity index (χ3v) is 5.08. The lowest BCUT2D eigenvalue weighted by Gasteiger charge is -2.34. The number of likely N-dealkylation sites (tertiary alicyclic amines) is 1. The molecule has 0 spiro atoms. The molecule has 0 radical (unpaired) electrons. The normalized spacial score (nSPS) is 16.0. The summed E-state index contributed by atoms with van der Waals surface area (Å²) in [5, 5.41) is 7.98. The Hall–Kier alpha value is -2.50. The van der Waals surface area contributed by atoms with Gasteiger partial charge < -0.3 is 15.0 Å². The third kappa shape index (κ3) is 4.18. The minimum Gasteiger partial charge on any atom is -0.490 e. The molecule has 1 saturated heterocycles. The molecule has 0 aliphatic carbocycles. The zero-order valence-electron chi connectivity index (χ0n) is 16.2. The molecule has 0 saturated carbocycles. The van der Waals surface area contributed by atoms with Gasteiger partial charge in [-0.25, -0.2) is 0 Å². The molecule has 1 aromatic heterocycles. The fourth-order valence-electron chi connectivity index (χ4n) is 3.45. The second kappa shape index (κ2) is 8.25. The highest BCUT2D eigenvalue weighted by atomic mass is 16.5. The molecule has 0 unspecified atom stereocenters. The Morgan fingerprint density at radius 2 is 1.92 bits per heavy atom. The maximum atomic E-state index is 6.08. The van der Waals surface area contributed by atoms with Crippen LogP contribution in [0.3, 0.4) is 0 Å². The Balaban J connectivity index is 1.52. The molecule has 1 aromatic carbocycles. The molecule has 26 heavy (non-hydrogen) atoms. The summed E-state index contributed by atoms with van der Waals surface area (Å²) in [6, 6.07) is 10.1. The van der Waals surface area contributed by atoms with Crippen molar-refractivity contribution in [2.75, 3.05) is 20.1 Å². The van der Waals surface area contributed by atoms with Gasteiger partial charge in [0.2, 0.25) is 0 Å². The van der Waals surface area contributed by atoms with E-state index in [1.807, 2.05) is 49.1 Å². The Morgan fingerprint density at radius 3 is 2.50 bits per heavy atom. The number of rotatable bonds is 4. The van der Waals surface area contributed by atoms with E-state index in [9.17, 15) is 0 Å². The SMILES string of the molecule is CN=C(NCc1c(C)nn(C)c1C)N1CCC(Oc2ccccc2)CC1. The quantitative estimate of drug-likeness (QED) is 0.677. The summed E-state index contributed by atoms with van der Waals surface area (Å²) in [7, 11) is 3.83. The molecule has 1 fully saturated rings. The van der Waals surface area contributed by atoms with Gasteiger partial charge in [-0.3, -0.25) is 9.67 Å². The lowest BCUT2D eigenvalue weighted by molar-refractivity contribution is 0.129. The van der Waals surface area contributed by atoms with Gasteiger partial charge in [0.1, 0.15) is 11.9 Å². The number of benzene rings is 1. The minimum atomic E-state index is 0.273. The van der Waals surface area contributed by atoms with Crippen LogP contribution in [-0.4, -0.2) is 46.9 Å². The van der Waals surface area contributed by atoms with Crippen molar-refractivity contribution < 1.29 is 4.74 Å². The summed E-state index contributed by atoms with van der Waals surface area (Å²) >= 11 is 0. The smallest absolute Gasteiger partial charge is 0.193 e. The predicted molar refractivity (Wildman–Crippen MR) is 105 cm³/mol. The Labute approximate surface area is 155 Å². The van der Waals surface area contributed by atoms with Crippen molar-refractivity contribution in [3.05, 3.63) is 47.3 Å². The predicted octanol–water partition coefficient (Wildman–Crippen LogP) is 2.66. The van der Waals surface area contributed by atoms with Gasteiger partial charge in [-0.05, 0) is 26.0 Å². The van der Waals surface area contributed by atoms with Crippen LogP contribution in [0.25, 0.3) is 0 Å². The molecule has 140 valence electrons. The summed E-state index contributed by atoms with van der Waals surface area (Å²) < 4.78 is 8.01. The Bertz CT molecular complexity index is 745. The van der Waals surface area contributed by atoms with Crippen molar-refractivity contribution in [2.45, 2.75) is 39.3 Å². The summed E-state index contributed by atoms with van der Waals surface area (Å²) in [6.45, 7) is 6.80. The van der Waals surface area contributed by atoms with Crippen LogP contribution >= 0.6 is 0 Å². The van der Waals surface area contributed by atoms with Gasteiger partial charge in [-0.1, -0.05) is 18.2 Å². The van der Waals surface area contributed by atoms with E-state index < -0.39 is 0 Å². The number of nitrogens with one attached hydrogen (secondary N) is 1. The molecule has 2 heterocycles. The van der Waals surface area contributed by atoms with Crippen molar-refractivity contribution in [3.63, 3.8) is 0 Å². The Morgan fingerprint density at radius 1 is 1.23 bits per heavy atom. The zero-order valence-corrected chi connectivity index (χ0v) is 16.2. The molecule has 0 amide bonds. The van der Waals surface area contributed by atoms with Crippen LogP contribution in [0.2, 0.25) is 0 Å². The van der Waals surface area contributed by atoms with Crippen LogP contribution in [0.1, 0.15) is 29.8 Å². The second-order valence-corrected chi connectivity index (χ2v) is 6.79. The average molecular weight is 355 g/mol. The lowest BCUT2D eigenvalue weighted by atomic mass is 10.1. The highest BCUT2D eigenvalue weighted by molar-refractivity contribution is 5.80. The summed E-state index contributed by atoms with van der Waals surface area (Å²) in [5.41, 5.74) is 3.51. The molecule has 3 rings (SSSR count). The third-order valence-electron chi connectivity index (χ3n) is 5.08. The largest absolute Gasteiger partial charge is 0.490 e. The number of hydrogen-bond donors (Lipinski definition) is 1. The standard InChI is InChI=1S/C20H29N5O/c1-15-19(16(2)24(4)23-15)14-22-20(21-3)25-12-10-18(11-13-25)26-17-8-6-5-7-9-17/h5-9,18H,10-14H2,1-4H3,(H,21,22). The van der Waals surface area contributed by atoms with E-state index in [0.29, 0.717) is 0 Å². The molecule has 2 aromatic rings. The van der Waals surface area contributed by atoms with E-state index >= 15 is 0 Å². The first-order valence-electron chi connectivity index (χ1n) is 9.25. The maximum absolute atomic E-state index is 6.08. The number of hydrogen-bond acceptors (Lipinski definition) is 3. The zero-order chi connectivity index (χ0) is 18.5. The molecule has 1 aliphatic heterocycles. The lowest BCUT2D eigenvalue weighted by Crippen LogP contribution is -2.47. The highest BCUT2D eigenvalue weighted by Gasteiger charge is 2.23. The molecule has 6 nitrogen and oxygen atoms in total. The summed E-state index contributed by atoms with van der Waals surface area (Å²) in [5.74, 6) is 1.90. The van der Waals surface area contributed by atoms with Gasteiger partial charge in [-0.15, -0.1) is 0 Å². The van der Waals surface area contributed by atoms with Crippen molar-refractivity contribution in [1.29, 1.82) is 0 Å². The highest BCUT2D eigenvalue weighted by Crippen LogP contribution is 2.19. The van der Waals surface area contributed by atoms with Gasteiger partial charge in [0.15, 0.2) is 5.96 Å². The molecule has 0 bridgehead atoms. The van der Waals surface area contributed by atoms with Crippen LogP contribution in [0, 0.1) is 13.8 Å². The monoisotopic (exact) mass is 355 g/mol. The molecular weight excluding hydrogens is 326 g/mol. The van der Waals surface area contributed by atoms with E-state index in [4.69, 9.17) is 4.74 Å². The fraction of sp³-hybridized carbons (Fsp3) is 0.500. The van der Waals surface area contributed by atoms with Crippen LogP contribution in [0.4, 0.5) is 0 Å². The number of aryl methyl sites for hydroxylation is 2. The van der Waals surface area contributed by atoms with Crippen molar-refractivity contribution in [3.8, 4) is 5.75 Å². The van der Waals surface area contributed by atoms with Crippen LogP contribution in [0.15, 0.2) is 35.3 Å². The van der Waals surface area contributed by atoms with E-state index in [-0.39, 0.29) is 6.10 Å². The fourth-order valence-corrected chi connectivity index (χ4v) is 3.45. The van der Waals surface area contributed by atoms with Crippen molar-refractivity contribution in [1.82, 2.24) is 20.0 Å². The molecule has 1 N–H and O–H groups in total. The topological polar surface area (TPSA) is 54.7 Å². The summed E-state index contributed by atoms with van der Waals surface area (Å²) in [6.07, 6.45) is 2.27. The van der Waals surface area contributed by atoms with Gasteiger partial charge in [0, 0.05) is 57.8 Å². The van der Waals surface area contributed by atoms with E-state index in [0.717, 1.165) is 49.9 Å². The molecular formula is C20H29N5O. The number of guanidine groups is 1. The van der Waals surface area contributed by atoms with E-state index in [1.165, 1.54) is 11.3 Å².